The quantitative estimate of drug-likeness (QED) is 0.912. The molecule has 2 aliphatic rings. The molecule has 1 aromatic carbocycles. The second-order valence-electron chi connectivity index (χ2n) is 7.57. The standard InChI is InChI=1S/C19H23N3O/c1-18(2)11-19(18,13-7-4-3-5-8-13)12-20-17(23)16-14-9-6-10-15(14)21-22-16/h3-5,7-8H,6,9-12H2,1-2H3,(H,20,23)(H,21,22)/t19-/m1/s1. The van der Waals surface area contributed by atoms with E-state index in [-0.39, 0.29) is 16.7 Å². The number of fused-ring (bicyclic) bond motifs is 1. The van der Waals surface area contributed by atoms with Crippen LogP contribution in [0.1, 0.15) is 54.0 Å². The molecule has 4 rings (SSSR count). The molecule has 4 heteroatoms. The number of hydrogen-bond donors (Lipinski definition) is 2. The van der Waals surface area contributed by atoms with E-state index in [1.54, 1.807) is 0 Å². The SMILES string of the molecule is CC1(C)C[C@@]1(CNC(=O)c1n[nH]c2c1CCC2)c1ccccc1. The molecule has 2 aromatic rings. The van der Waals surface area contributed by atoms with E-state index < -0.39 is 0 Å². The molecule has 0 spiro atoms. The van der Waals surface area contributed by atoms with Gasteiger partial charge in [0.25, 0.3) is 5.91 Å². The Labute approximate surface area is 136 Å². The van der Waals surface area contributed by atoms with Crippen molar-refractivity contribution in [2.75, 3.05) is 6.54 Å². The van der Waals surface area contributed by atoms with Gasteiger partial charge in [-0.25, -0.2) is 0 Å². The lowest BCUT2D eigenvalue weighted by Gasteiger charge is -2.21. The summed E-state index contributed by atoms with van der Waals surface area (Å²) in [7, 11) is 0. The van der Waals surface area contributed by atoms with E-state index in [0.717, 1.165) is 36.9 Å². The van der Waals surface area contributed by atoms with Crippen molar-refractivity contribution in [1.82, 2.24) is 15.5 Å². The largest absolute Gasteiger partial charge is 0.350 e. The molecule has 1 aromatic heterocycles. The summed E-state index contributed by atoms with van der Waals surface area (Å²) in [6.07, 6.45) is 4.19. The van der Waals surface area contributed by atoms with Crippen LogP contribution in [0, 0.1) is 5.41 Å². The van der Waals surface area contributed by atoms with Crippen LogP contribution < -0.4 is 5.32 Å². The first kappa shape index (κ1) is 14.5. The van der Waals surface area contributed by atoms with E-state index >= 15 is 0 Å². The molecule has 1 fully saturated rings. The van der Waals surface area contributed by atoms with Gasteiger partial charge in [-0.15, -0.1) is 0 Å². The average Bonchev–Trinajstić information content (AvgIpc) is 2.91. The van der Waals surface area contributed by atoms with Crippen LogP contribution in [0.4, 0.5) is 0 Å². The normalized spacial score (nSPS) is 24.3. The number of carbonyl (C=O) groups is 1. The van der Waals surface area contributed by atoms with E-state index in [0.29, 0.717) is 12.2 Å². The van der Waals surface area contributed by atoms with Crippen molar-refractivity contribution < 1.29 is 4.79 Å². The Morgan fingerprint density at radius 3 is 2.70 bits per heavy atom. The molecule has 0 bridgehead atoms. The van der Waals surface area contributed by atoms with Crippen molar-refractivity contribution in [3.05, 3.63) is 52.8 Å². The van der Waals surface area contributed by atoms with Crippen LogP contribution in [0.2, 0.25) is 0 Å². The van der Waals surface area contributed by atoms with Crippen LogP contribution in [0.15, 0.2) is 30.3 Å². The van der Waals surface area contributed by atoms with Gasteiger partial charge in [-0.1, -0.05) is 44.2 Å². The number of H-pyrrole nitrogens is 1. The van der Waals surface area contributed by atoms with Gasteiger partial charge in [-0.3, -0.25) is 9.89 Å². The van der Waals surface area contributed by atoms with Crippen molar-refractivity contribution in [2.24, 2.45) is 5.41 Å². The molecule has 0 unspecified atom stereocenters. The minimum absolute atomic E-state index is 0.0394. The monoisotopic (exact) mass is 309 g/mol. The number of rotatable bonds is 4. The van der Waals surface area contributed by atoms with E-state index in [4.69, 9.17) is 0 Å². The van der Waals surface area contributed by atoms with Crippen LogP contribution in [0.5, 0.6) is 0 Å². The van der Waals surface area contributed by atoms with Crippen LogP contribution >= 0.6 is 0 Å². The maximum atomic E-state index is 12.6. The van der Waals surface area contributed by atoms with E-state index in [2.05, 4.69) is 53.6 Å². The smallest absolute Gasteiger partial charge is 0.272 e. The lowest BCUT2D eigenvalue weighted by Crippen LogP contribution is -2.35. The zero-order valence-electron chi connectivity index (χ0n) is 13.8. The highest BCUT2D eigenvalue weighted by Gasteiger charge is 2.61. The Hall–Kier alpha value is -2.10. The molecule has 0 saturated heterocycles. The minimum Gasteiger partial charge on any atom is -0.350 e. The molecule has 1 saturated carbocycles. The summed E-state index contributed by atoms with van der Waals surface area (Å²) < 4.78 is 0. The zero-order valence-corrected chi connectivity index (χ0v) is 13.8. The van der Waals surface area contributed by atoms with Gasteiger partial charge in [-0.05, 0) is 36.7 Å². The zero-order chi connectivity index (χ0) is 16.1. The van der Waals surface area contributed by atoms with Gasteiger partial charge in [-0.2, -0.15) is 5.10 Å². The maximum absolute atomic E-state index is 12.6. The van der Waals surface area contributed by atoms with Gasteiger partial charge in [0.1, 0.15) is 0 Å². The predicted octanol–water partition coefficient (Wildman–Crippen LogP) is 3.00. The van der Waals surface area contributed by atoms with Gasteiger partial charge in [0.15, 0.2) is 5.69 Å². The third-order valence-corrected chi connectivity index (χ3v) is 5.81. The second-order valence-corrected chi connectivity index (χ2v) is 7.57. The van der Waals surface area contributed by atoms with Gasteiger partial charge in [0, 0.05) is 23.2 Å². The van der Waals surface area contributed by atoms with E-state index in [9.17, 15) is 4.79 Å². The van der Waals surface area contributed by atoms with E-state index in [1.165, 1.54) is 5.56 Å². The molecule has 120 valence electrons. The van der Waals surface area contributed by atoms with Crippen LogP contribution in [-0.4, -0.2) is 22.6 Å². The van der Waals surface area contributed by atoms with Gasteiger partial charge in [0.2, 0.25) is 0 Å². The number of nitrogens with zero attached hydrogens (tertiary/aromatic N) is 1. The second kappa shape index (κ2) is 4.95. The molecule has 2 N–H and O–H groups in total. The Balaban J connectivity index is 1.52. The van der Waals surface area contributed by atoms with E-state index in [1.807, 2.05) is 6.07 Å². The van der Waals surface area contributed by atoms with Crippen molar-refractivity contribution in [2.45, 2.75) is 44.9 Å². The van der Waals surface area contributed by atoms with Crippen LogP contribution in [0.3, 0.4) is 0 Å². The fourth-order valence-electron chi connectivity index (χ4n) is 4.19. The summed E-state index contributed by atoms with van der Waals surface area (Å²) in [5.74, 6) is -0.0394. The number of nitrogens with one attached hydrogen (secondary N) is 2. The minimum atomic E-state index is -0.0394. The molecule has 0 aliphatic heterocycles. The third kappa shape index (κ3) is 2.19. The summed E-state index contributed by atoms with van der Waals surface area (Å²) in [5.41, 5.74) is 4.43. The van der Waals surface area contributed by atoms with Crippen molar-refractivity contribution in [3.8, 4) is 0 Å². The highest BCUT2D eigenvalue weighted by Crippen LogP contribution is 2.63. The van der Waals surface area contributed by atoms with Crippen molar-refractivity contribution >= 4 is 5.91 Å². The Kier molecular flexibility index (Phi) is 3.12. The number of aromatic amines is 1. The first-order valence-electron chi connectivity index (χ1n) is 8.43. The average molecular weight is 309 g/mol. The lowest BCUT2D eigenvalue weighted by atomic mass is 9.88. The Morgan fingerprint density at radius 1 is 1.26 bits per heavy atom. The number of amides is 1. The van der Waals surface area contributed by atoms with Gasteiger partial charge < -0.3 is 5.32 Å². The summed E-state index contributed by atoms with van der Waals surface area (Å²) in [4.78, 5) is 12.6. The molecule has 1 heterocycles. The summed E-state index contributed by atoms with van der Waals surface area (Å²) >= 11 is 0. The van der Waals surface area contributed by atoms with Crippen molar-refractivity contribution in [3.63, 3.8) is 0 Å². The topological polar surface area (TPSA) is 57.8 Å². The first-order chi connectivity index (χ1) is 11.0. The van der Waals surface area contributed by atoms with Crippen LogP contribution in [0.25, 0.3) is 0 Å². The molecule has 0 radical (unpaired) electrons. The fraction of sp³-hybridized carbons (Fsp3) is 0.474. The Morgan fingerprint density at radius 2 is 2.00 bits per heavy atom. The summed E-state index contributed by atoms with van der Waals surface area (Å²) in [6, 6.07) is 10.5. The first-order valence-corrected chi connectivity index (χ1v) is 8.43. The molecule has 1 atom stereocenters. The Bertz CT molecular complexity index is 747. The molecule has 1 amide bonds. The fourth-order valence-corrected chi connectivity index (χ4v) is 4.19. The predicted molar refractivity (Wildman–Crippen MR) is 89.5 cm³/mol. The number of aromatic nitrogens is 2. The molecular weight excluding hydrogens is 286 g/mol. The lowest BCUT2D eigenvalue weighted by molar-refractivity contribution is 0.0942. The molecule has 4 nitrogen and oxygen atoms in total. The number of hydrogen-bond acceptors (Lipinski definition) is 2. The molecular formula is C19H23N3O. The summed E-state index contributed by atoms with van der Waals surface area (Å²) in [5, 5.41) is 10.4. The van der Waals surface area contributed by atoms with Crippen molar-refractivity contribution in [1.29, 1.82) is 0 Å². The number of benzene rings is 1. The number of aryl methyl sites for hydroxylation is 1. The molecule has 2 aliphatic carbocycles. The highest BCUT2D eigenvalue weighted by molar-refractivity contribution is 5.94. The maximum Gasteiger partial charge on any atom is 0.272 e. The molecule has 23 heavy (non-hydrogen) atoms. The highest BCUT2D eigenvalue weighted by atomic mass is 16.1. The van der Waals surface area contributed by atoms with Gasteiger partial charge >= 0.3 is 0 Å². The van der Waals surface area contributed by atoms with Crippen LogP contribution in [-0.2, 0) is 18.3 Å². The van der Waals surface area contributed by atoms with Gasteiger partial charge in [0.05, 0.1) is 0 Å². The number of carbonyl (C=O) groups excluding carboxylic acids is 1. The third-order valence-electron chi connectivity index (χ3n) is 5.81. The summed E-state index contributed by atoms with van der Waals surface area (Å²) in [6.45, 7) is 5.22.